The molecule has 1 aromatic carbocycles. The maximum Gasteiger partial charge on any atom is 0.311 e. The van der Waals surface area contributed by atoms with Gasteiger partial charge < -0.3 is 15.0 Å². The number of aromatic nitrogens is 1. The molecular formula is C20H26N2O3. The van der Waals surface area contributed by atoms with Gasteiger partial charge in [0.1, 0.15) is 0 Å². The molecule has 25 heavy (non-hydrogen) atoms. The van der Waals surface area contributed by atoms with Crippen molar-refractivity contribution in [3.63, 3.8) is 0 Å². The number of carboxylic acids is 1. The number of nitrogens with zero attached hydrogens (tertiary/aromatic N) is 1. The Bertz CT molecular complexity index is 772. The number of para-hydroxylation sites is 1. The van der Waals surface area contributed by atoms with Crippen molar-refractivity contribution in [3.8, 4) is 0 Å². The number of amides is 1. The van der Waals surface area contributed by atoms with Gasteiger partial charge in [0, 0.05) is 30.2 Å². The maximum atomic E-state index is 12.4. The first kappa shape index (κ1) is 17.5. The molecule has 0 aliphatic heterocycles. The first-order chi connectivity index (χ1) is 12.1. The molecule has 134 valence electrons. The van der Waals surface area contributed by atoms with Crippen LogP contribution in [0, 0.1) is 5.41 Å². The lowest BCUT2D eigenvalue weighted by molar-refractivity contribution is -0.151. The average molecular weight is 342 g/mol. The van der Waals surface area contributed by atoms with Crippen LogP contribution in [0.2, 0.25) is 0 Å². The van der Waals surface area contributed by atoms with Gasteiger partial charge in [-0.25, -0.2) is 0 Å². The number of fused-ring (bicyclic) bond motifs is 1. The zero-order valence-corrected chi connectivity index (χ0v) is 14.8. The van der Waals surface area contributed by atoms with Crippen LogP contribution in [0.5, 0.6) is 0 Å². The normalized spacial score (nSPS) is 16.7. The van der Waals surface area contributed by atoms with Gasteiger partial charge in [-0.3, -0.25) is 9.59 Å². The minimum Gasteiger partial charge on any atom is -0.481 e. The largest absolute Gasteiger partial charge is 0.481 e. The number of carboxylic acid groups (broad SMARTS) is 1. The van der Waals surface area contributed by atoms with Gasteiger partial charge in [0.25, 0.3) is 0 Å². The van der Waals surface area contributed by atoms with Crippen molar-refractivity contribution in [2.75, 3.05) is 6.54 Å². The number of nitrogens with one attached hydrogen (secondary N) is 1. The van der Waals surface area contributed by atoms with Gasteiger partial charge in [-0.05, 0) is 31.4 Å². The Morgan fingerprint density at radius 2 is 1.92 bits per heavy atom. The van der Waals surface area contributed by atoms with Gasteiger partial charge >= 0.3 is 5.97 Å². The summed E-state index contributed by atoms with van der Waals surface area (Å²) in [5.74, 6) is -0.889. The SMILES string of the molecule is CCn1cc(CC(=O)NCC2(C(=O)O)CCCCC2)c2ccccc21. The van der Waals surface area contributed by atoms with Crippen molar-refractivity contribution in [1.29, 1.82) is 0 Å². The predicted molar refractivity (Wildman–Crippen MR) is 97.5 cm³/mol. The van der Waals surface area contributed by atoms with E-state index in [9.17, 15) is 14.7 Å². The Morgan fingerprint density at radius 3 is 2.60 bits per heavy atom. The minimum absolute atomic E-state index is 0.106. The molecule has 0 atom stereocenters. The van der Waals surface area contributed by atoms with E-state index in [-0.39, 0.29) is 18.9 Å². The molecule has 1 heterocycles. The first-order valence-electron chi connectivity index (χ1n) is 9.12. The van der Waals surface area contributed by atoms with Crippen LogP contribution in [0.1, 0.15) is 44.6 Å². The summed E-state index contributed by atoms with van der Waals surface area (Å²) < 4.78 is 2.14. The molecule has 1 aromatic heterocycles. The van der Waals surface area contributed by atoms with Gasteiger partial charge in [-0.15, -0.1) is 0 Å². The molecule has 3 rings (SSSR count). The van der Waals surface area contributed by atoms with Crippen molar-refractivity contribution in [1.82, 2.24) is 9.88 Å². The monoisotopic (exact) mass is 342 g/mol. The van der Waals surface area contributed by atoms with Crippen molar-refractivity contribution in [2.24, 2.45) is 5.41 Å². The van der Waals surface area contributed by atoms with E-state index in [2.05, 4.69) is 22.9 Å². The van der Waals surface area contributed by atoms with Crippen LogP contribution < -0.4 is 5.32 Å². The van der Waals surface area contributed by atoms with Crippen molar-refractivity contribution in [2.45, 2.75) is 52.0 Å². The lowest BCUT2D eigenvalue weighted by Gasteiger charge is -2.33. The van der Waals surface area contributed by atoms with E-state index >= 15 is 0 Å². The maximum absolute atomic E-state index is 12.4. The van der Waals surface area contributed by atoms with Crippen LogP contribution in [0.15, 0.2) is 30.5 Å². The Morgan fingerprint density at radius 1 is 1.20 bits per heavy atom. The van der Waals surface area contributed by atoms with E-state index in [4.69, 9.17) is 0 Å². The third-order valence-electron chi connectivity index (χ3n) is 5.45. The summed E-state index contributed by atoms with van der Waals surface area (Å²) in [6.45, 7) is 3.16. The molecule has 2 aromatic rings. The predicted octanol–water partition coefficient (Wildman–Crippen LogP) is 3.36. The second-order valence-electron chi connectivity index (χ2n) is 7.06. The topological polar surface area (TPSA) is 71.3 Å². The molecule has 0 saturated heterocycles. The lowest BCUT2D eigenvalue weighted by Crippen LogP contribution is -2.44. The molecule has 1 aliphatic rings. The number of carbonyl (C=O) groups is 2. The second kappa shape index (κ2) is 7.30. The number of rotatable bonds is 6. The third-order valence-corrected chi connectivity index (χ3v) is 5.45. The highest BCUT2D eigenvalue weighted by atomic mass is 16.4. The van der Waals surface area contributed by atoms with Gasteiger partial charge in [-0.1, -0.05) is 37.5 Å². The fourth-order valence-corrected chi connectivity index (χ4v) is 3.92. The summed E-state index contributed by atoms with van der Waals surface area (Å²) in [6.07, 6.45) is 6.54. The Kier molecular flexibility index (Phi) is 5.11. The molecule has 0 bridgehead atoms. The molecule has 0 unspecified atom stereocenters. The average Bonchev–Trinajstić information content (AvgIpc) is 2.98. The summed E-state index contributed by atoms with van der Waals surface area (Å²) in [7, 11) is 0. The third kappa shape index (κ3) is 3.55. The molecule has 1 amide bonds. The highest BCUT2D eigenvalue weighted by Crippen LogP contribution is 2.36. The highest BCUT2D eigenvalue weighted by molar-refractivity contribution is 5.89. The van der Waals surface area contributed by atoms with Crippen LogP contribution in [0.25, 0.3) is 10.9 Å². The van der Waals surface area contributed by atoms with E-state index in [1.54, 1.807) is 0 Å². The molecule has 1 saturated carbocycles. The van der Waals surface area contributed by atoms with Gasteiger partial charge in [0.05, 0.1) is 11.8 Å². The summed E-state index contributed by atoms with van der Waals surface area (Å²) >= 11 is 0. The Balaban J connectivity index is 1.70. The first-order valence-corrected chi connectivity index (χ1v) is 9.12. The Hall–Kier alpha value is -2.30. The van der Waals surface area contributed by atoms with Crippen molar-refractivity contribution >= 4 is 22.8 Å². The number of aliphatic carboxylic acids is 1. The smallest absolute Gasteiger partial charge is 0.311 e. The standard InChI is InChI=1S/C20H26N2O3/c1-2-22-13-15(16-8-4-5-9-17(16)22)12-18(23)21-14-20(19(24)25)10-6-3-7-11-20/h4-5,8-9,13H,2-3,6-7,10-12,14H2,1H3,(H,21,23)(H,24,25). The zero-order chi connectivity index (χ0) is 17.9. The summed E-state index contributed by atoms with van der Waals surface area (Å²) in [4.78, 5) is 24.2. The van der Waals surface area contributed by atoms with Gasteiger partial charge in [-0.2, -0.15) is 0 Å². The number of hydrogen-bond acceptors (Lipinski definition) is 2. The minimum atomic E-state index is -0.786. The summed E-state index contributed by atoms with van der Waals surface area (Å²) in [6, 6.07) is 8.06. The highest BCUT2D eigenvalue weighted by Gasteiger charge is 2.39. The van der Waals surface area contributed by atoms with E-state index in [0.29, 0.717) is 12.8 Å². The fourth-order valence-electron chi connectivity index (χ4n) is 3.92. The molecule has 1 aliphatic carbocycles. The Labute approximate surface area is 148 Å². The van der Waals surface area contributed by atoms with Crippen LogP contribution in [0.3, 0.4) is 0 Å². The van der Waals surface area contributed by atoms with Crippen LogP contribution in [0.4, 0.5) is 0 Å². The fraction of sp³-hybridized carbons (Fsp3) is 0.500. The summed E-state index contributed by atoms with van der Waals surface area (Å²) in [5.41, 5.74) is 1.33. The van der Waals surface area contributed by atoms with Crippen molar-refractivity contribution in [3.05, 3.63) is 36.0 Å². The van der Waals surface area contributed by atoms with Crippen molar-refractivity contribution < 1.29 is 14.7 Å². The number of hydrogen-bond donors (Lipinski definition) is 2. The molecule has 0 radical (unpaired) electrons. The molecule has 0 spiro atoms. The van der Waals surface area contributed by atoms with Gasteiger partial charge in [0.15, 0.2) is 0 Å². The molecule has 5 nitrogen and oxygen atoms in total. The van der Waals surface area contributed by atoms with Crippen LogP contribution >= 0.6 is 0 Å². The molecule has 2 N–H and O–H groups in total. The van der Waals surface area contributed by atoms with E-state index in [1.165, 1.54) is 0 Å². The second-order valence-corrected chi connectivity index (χ2v) is 7.06. The lowest BCUT2D eigenvalue weighted by atomic mass is 9.74. The van der Waals surface area contributed by atoms with E-state index < -0.39 is 11.4 Å². The zero-order valence-electron chi connectivity index (χ0n) is 14.8. The quantitative estimate of drug-likeness (QED) is 0.845. The van der Waals surface area contributed by atoms with E-state index in [0.717, 1.165) is 42.3 Å². The van der Waals surface area contributed by atoms with Crippen LogP contribution in [-0.4, -0.2) is 28.1 Å². The molecule has 5 heteroatoms. The van der Waals surface area contributed by atoms with Crippen LogP contribution in [-0.2, 0) is 22.6 Å². The van der Waals surface area contributed by atoms with Gasteiger partial charge in [0.2, 0.25) is 5.91 Å². The number of aryl methyl sites for hydroxylation is 1. The molecular weight excluding hydrogens is 316 g/mol. The number of carbonyl (C=O) groups excluding carboxylic acids is 1. The summed E-state index contributed by atoms with van der Waals surface area (Å²) in [5, 5.41) is 13.6. The number of benzene rings is 1. The van der Waals surface area contributed by atoms with E-state index in [1.807, 2.05) is 24.4 Å². The molecule has 1 fully saturated rings.